The standard InChI is InChI=1S/C30H44ClFN6O2/c1-3-5-15-39-30(40-16-6-4-2)21-11-13-36(14-12-21)26-17-22(9-10-25(26)32)38-23-7-8-24(38)20-37(19-23)27-18-28(31)34-35-29(27)33/h9-10,17-18,21,23-24,30H,3-8,11-16,19-20H2,1-2H3,(H2,33,35). The number of anilines is 4. The molecule has 2 N–H and O–H groups in total. The number of piperazine rings is 1. The summed E-state index contributed by atoms with van der Waals surface area (Å²) in [4.78, 5) is 6.96. The summed E-state index contributed by atoms with van der Waals surface area (Å²) < 4.78 is 27.5. The van der Waals surface area contributed by atoms with Crippen LogP contribution in [0, 0.1) is 11.7 Å². The summed E-state index contributed by atoms with van der Waals surface area (Å²) in [5.41, 5.74) is 8.77. The number of nitrogens with two attached hydrogens (primary N) is 1. The molecule has 0 spiro atoms. The number of unbranched alkanes of at least 4 members (excludes halogenated alkanes) is 2. The van der Waals surface area contributed by atoms with Crippen molar-refractivity contribution < 1.29 is 13.9 Å². The van der Waals surface area contributed by atoms with E-state index in [1.54, 1.807) is 12.1 Å². The van der Waals surface area contributed by atoms with Crippen LogP contribution in [0.3, 0.4) is 0 Å². The summed E-state index contributed by atoms with van der Waals surface area (Å²) >= 11 is 6.12. The lowest BCUT2D eigenvalue weighted by Crippen LogP contribution is -2.54. The molecule has 3 aliphatic heterocycles. The number of benzene rings is 1. The van der Waals surface area contributed by atoms with Gasteiger partial charge in [0.05, 0.1) is 11.4 Å². The second-order valence-electron chi connectivity index (χ2n) is 11.4. The van der Waals surface area contributed by atoms with Crippen molar-refractivity contribution in [2.24, 2.45) is 5.92 Å². The number of ether oxygens (including phenoxy) is 2. The molecule has 2 aromatic rings. The second kappa shape index (κ2) is 13.5. The number of nitrogen functional groups attached to an aromatic ring is 1. The van der Waals surface area contributed by atoms with Gasteiger partial charge in [-0.05, 0) is 56.7 Å². The first-order valence-electron chi connectivity index (χ1n) is 15.1. The van der Waals surface area contributed by atoms with Crippen molar-refractivity contribution in [1.29, 1.82) is 0 Å². The number of rotatable bonds is 12. The fourth-order valence-electron chi connectivity index (χ4n) is 6.47. The highest BCUT2D eigenvalue weighted by molar-refractivity contribution is 6.29. The topological polar surface area (TPSA) is 80.0 Å². The van der Waals surface area contributed by atoms with Crippen molar-refractivity contribution in [3.8, 4) is 0 Å². The Kier molecular flexibility index (Phi) is 9.86. The van der Waals surface area contributed by atoms with Crippen LogP contribution in [0.2, 0.25) is 5.15 Å². The maximum atomic E-state index is 15.2. The number of hydrogen-bond acceptors (Lipinski definition) is 8. The Bertz CT molecular complexity index is 1090. The Hall–Kier alpha value is -2.36. The lowest BCUT2D eigenvalue weighted by Gasteiger charge is -2.44. The van der Waals surface area contributed by atoms with Crippen LogP contribution in [0.1, 0.15) is 65.2 Å². The molecule has 0 amide bonds. The first-order chi connectivity index (χ1) is 19.5. The Balaban J connectivity index is 1.24. The Morgan fingerprint density at radius 3 is 2.20 bits per heavy atom. The zero-order valence-corrected chi connectivity index (χ0v) is 24.7. The molecule has 2 atom stereocenters. The molecule has 0 saturated carbocycles. The summed E-state index contributed by atoms with van der Waals surface area (Å²) in [6.07, 6.45) is 8.17. The molecule has 1 aromatic carbocycles. The quantitative estimate of drug-likeness (QED) is 0.248. The molecule has 0 radical (unpaired) electrons. The van der Waals surface area contributed by atoms with E-state index in [1.165, 1.54) is 0 Å². The highest BCUT2D eigenvalue weighted by Crippen LogP contribution is 2.40. The van der Waals surface area contributed by atoms with Crippen molar-refractivity contribution >= 4 is 34.5 Å². The van der Waals surface area contributed by atoms with Crippen molar-refractivity contribution in [3.05, 3.63) is 35.2 Å². The minimum atomic E-state index is -0.164. The van der Waals surface area contributed by atoms with Crippen molar-refractivity contribution in [2.45, 2.75) is 83.6 Å². The molecule has 3 saturated heterocycles. The summed E-state index contributed by atoms with van der Waals surface area (Å²) in [7, 11) is 0. The molecule has 4 heterocycles. The normalized spacial score (nSPS) is 21.6. The largest absolute Gasteiger partial charge is 0.380 e. The van der Waals surface area contributed by atoms with E-state index >= 15 is 4.39 Å². The van der Waals surface area contributed by atoms with Gasteiger partial charge in [-0.3, -0.25) is 0 Å². The van der Waals surface area contributed by atoms with Crippen molar-refractivity contribution in [3.63, 3.8) is 0 Å². The zero-order chi connectivity index (χ0) is 28.1. The molecule has 10 heteroatoms. The average molecular weight is 575 g/mol. The second-order valence-corrected chi connectivity index (χ2v) is 11.8. The molecule has 3 aliphatic rings. The summed E-state index contributed by atoms with van der Waals surface area (Å²) in [5.74, 6) is 0.579. The average Bonchev–Trinajstić information content (AvgIpc) is 3.23. The number of nitrogens with zero attached hydrogens (tertiary/aromatic N) is 5. The molecule has 1 aromatic heterocycles. The Morgan fingerprint density at radius 1 is 0.925 bits per heavy atom. The van der Waals surface area contributed by atoms with Crippen LogP contribution >= 0.6 is 11.6 Å². The van der Waals surface area contributed by atoms with Gasteiger partial charge >= 0.3 is 0 Å². The third-order valence-corrected chi connectivity index (χ3v) is 8.83. The van der Waals surface area contributed by atoms with Crippen LogP contribution < -0.4 is 20.4 Å². The minimum absolute atomic E-state index is 0.159. The minimum Gasteiger partial charge on any atom is -0.380 e. The molecule has 2 unspecified atom stereocenters. The van der Waals surface area contributed by atoms with Gasteiger partial charge in [-0.2, -0.15) is 0 Å². The molecule has 0 aliphatic carbocycles. The van der Waals surface area contributed by atoms with E-state index in [2.05, 4.69) is 44.8 Å². The van der Waals surface area contributed by atoms with Gasteiger partial charge in [0.15, 0.2) is 17.3 Å². The summed E-state index contributed by atoms with van der Waals surface area (Å²) in [6.45, 7) is 9.04. The fraction of sp³-hybridized carbons (Fsp3) is 0.667. The van der Waals surface area contributed by atoms with Crippen LogP contribution in [0.25, 0.3) is 0 Å². The zero-order valence-electron chi connectivity index (χ0n) is 23.9. The van der Waals surface area contributed by atoms with E-state index in [4.69, 9.17) is 26.8 Å². The van der Waals surface area contributed by atoms with Gasteiger partial charge < -0.3 is 29.9 Å². The van der Waals surface area contributed by atoms with E-state index in [1.807, 2.05) is 6.07 Å². The Labute approximate surface area is 242 Å². The van der Waals surface area contributed by atoms with Gasteiger partial charge in [0, 0.05) is 69.1 Å². The van der Waals surface area contributed by atoms with Gasteiger partial charge in [0.2, 0.25) is 0 Å². The van der Waals surface area contributed by atoms with Gasteiger partial charge in [-0.15, -0.1) is 10.2 Å². The molecule has 40 heavy (non-hydrogen) atoms. The van der Waals surface area contributed by atoms with Crippen LogP contribution in [-0.2, 0) is 9.47 Å². The van der Waals surface area contributed by atoms with E-state index in [-0.39, 0.29) is 12.1 Å². The van der Waals surface area contributed by atoms with Gasteiger partial charge in [-0.25, -0.2) is 4.39 Å². The summed E-state index contributed by atoms with van der Waals surface area (Å²) in [5, 5.41) is 8.21. The molecule has 5 rings (SSSR count). The maximum Gasteiger partial charge on any atom is 0.169 e. The first-order valence-corrected chi connectivity index (χ1v) is 15.5. The predicted molar refractivity (Wildman–Crippen MR) is 160 cm³/mol. The molecular weight excluding hydrogens is 531 g/mol. The lowest BCUT2D eigenvalue weighted by molar-refractivity contribution is -0.177. The highest BCUT2D eigenvalue weighted by atomic mass is 35.5. The van der Waals surface area contributed by atoms with E-state index < -0.39 is 0 Å². The van der Waals surface area contributed by atoms with E-state index in [0.717, 1.165) is 102 Å². The fourth-order valence-corrected chi connectivity index (χ4v) is 6.61. The predicted octanol–water partition coefficient (Wildman–Crippen LogP) is 5.88. The molecule has 8 nitrogen and oxygen atoms in total. The number of halogens is 2. The third kappa shape index (κ3) is 6.58. The number of aromatic nitrogens is 2. The molecule has 220 valence electrons. The highest BCUT2D eigenvalue weighted by Gasteiger charge is 2.41. The molecule has 2 bridgehead atoms. The van der Waals surface area contributed by atoms with Gasteiger partial charge in [0.25, 0.3) is 0 Å². The smallest absolute Gasteiger partial charge is 0.169 e. The molecule has 3 fully saturated rings. The van der Waals surface area contributed by atoms with Crippen LogP contribution in [0.5, 0.6) is 0 Å². The summed E-state index contributed by atoms with van der Waals surface area (Å²) in [6, 6.07) is 8.06. The van der Waals surface area contributed by atoms with Crippen LogP contribution in [0.4, 0.5) is 27.3 Å². The number of hydrogen-bond donors (Lipinski definition) is 1. The Morgan fingerprint density at radius 2 is 1.57 bits per heavy atom. The van der Waals surface area contributed by atoms with Crippen molar-refractivity contribution in [1.82, 2.24) is 10.2 Å². The number of piperidine rings is 1. The number of fused-ring (bicyclic) bond motifs is 2. The lowest BCUT2D eigenvalue weighted by atomic mass is 9.95. The third-order valence-electron chi connectivity index (χ3n) is 8.65. The molecular formula is C30H44ClFN6O2. The van der Waals surface area contributed by atoms with Crippen LogP contribution in [-0.4, -0.2) is 68.0 Å². The van der Waals surface area contributed by atoms with E-state index in [9.17, 15) is 0 Å². The van der Waals surface area contributed by atoms with Gasteiger partial charge in [0.1, 0.15) is 5.82 Å². The van der Waals surface area contributed by atoms with Gasteiger partial charge in [-0.1, -0.05) is 38.3 Å². The monoisotopic (exact) mass is 574 g/mol. The van der Waals surface area contributed by atoms with E-state index in [0.29, 0.717) is 34.7 Å². The SMILES string of the molecule is CCCCOC(OCCCC)C1CCN(c2cc(N3C4CCC3CN(c3cc(Cl)nnc3N)C4)ccc2F)CC1. The van der Waals surface area contributed by atoms with Crippen molar-refractivity contribution in [2.75, 3.05) is 59.8 Å². The first kappa shape index (κ1) is 29.1. The maximum absolute atomic E-state index is 15.2. The van der Waals surface area contributed by atoms with Crippen LogP contribution in [0.15, 0.2) is 24.3 Å².